The van der Waals surface area contributed by atoms with Gasteiger partial charge in [0.15, 0.2) is 5.96 Å². The molecule has 130 valence electrons. The summed E-state index contributed by atoms with van der Waals surface area (Å²) >= 11 is 0. The molecule has 1 unspecified atom stereocenters. The van der Waals surface area contributed by atoms with Crippen LogP contribution in [0, 0.1) is 5.92 Å². The number of guanidine groups is 1. The highest BCUT2D eigenvalue weighted by atomic mass is 16.5. The molecule has 0 aliphatic rings. The normalized spacial score (nSPS) is 12.9. The number of benzene rings is 1. The second-order valence-electron chi connectivity index (χ2n) is 5.45. The largest absolute Gasteiger partial charge is 0.380 e. The Labute approximate surface area is 140 Å². The average molecular weight is 321 g/mol. The number of rotatable bonds is 11. The maximum Gasteiger partial charge on any atom is 0.191 e. The van der Waals surface area contributed by atoms with E-state index in [1.165, 1.54) is 5.56 Å². The van der Waals surface area contributed by atoms with Crippen molar-refractivity contribution in [1.29, 1.82) is 0 Å². The van der Waals surface area contributed by atoms with Crippen LogP contribution in [-0.4, -0.2) is 45.4 Å². The van der Waals surface area contributed by atoms with Crippen molar-refractivity contribution in [3.05, 3.63) is 35.9 Å². The Morgan fingerprint density at radius 3 is 2.61 bits per heavy atom. The van der Waals surface area contributed by atoms with Crippen LogP contribution >= 0.6 is 0 Å². The van der Waals surface area contributed by atoms with Gasteiger partial charge in [0.25, 0.3) is 0 Å². The quantitative estimate of drug-likeness (QED) is 0.373. The predicted molar refractivity (Wildman–Crippen MR) is 95.7 cm³/mol. The topological polar surface area (TPSA) is 54.9 Å². The first-order chi connectivity index (χ1) is 11.3. The highest BCUT2D eigenvalue weighted by Crippen LogP contribution is 2.03. The summed E-state index contributed by atoms with van der Waals surface area (Å²) in [6, 6.07) is 10.2. The molecule has 0 amide bonds. The van der Waals surface area contributed by atoms with Crippen molar-refractivity contribution < 1.29 is 9.47 Å². The first kappa shape index (κ1) is 19.5. The van der Waals surface area contributed by atoms with E-state index >= 15 is 0 Å². The van der Waals surface area contributed by atoms with E-state index < -0.39 is 0 Å². The maximum atomic E-state index is 5.76. The zero-order valence-electron chi connectivity index (χ0n) is 14.7. The molecule has 1 aromatic rings. The minimum atomic E-state index is 0.376. The van der Waals surface area contributed by atoms with Gasteiger partial charge >= 0.3 is 0 Å². The van der Waals surface area contributed by atoms with Gasteiger partial charge in [-0.05, 0) is 25.3 Å². The van der Waals surface area contributed by atoms with Crippen molar-refractivity contribution in [2.45, 2.75) is 27.4 Å². The molecule has 0 aliphatic carbocycles. The number of hydrogen-bond donors (Lipinski definition) is 2. The van der Waals surface area contributed by atoms with Crippen molar-refractivity contribution in [2.75, 3.05) is 39.5 Å². The van der Waals surface area contributed by atoms with Gasteiger partial charge in [-0.3, -0.25) is 4.99 Å². The van der Waals surface area contributed by atoms with Gasteiger partial charge in [-0.25, -0.2) is 0 Å². The number of hydrogen-bond acceptors (Lipinski definition) is 3. The Morgan fingerprint density at radius 2 is 1.91 bits per heavy atom. The third-order valence-electron chi connectivity index (χ3n) is 3.16. The van der Waals surface area contributed by atoms with E-state index in [1.807, 2.05) is 25.1 Å². The van der Waals surface area contributed by atoms with E-state index in [1.54, 1.807) is 0 Å². The second-order valence-corrected chi connectivity index (χ2v) is 5.45. The molecule has 1 atom stereocenters. The molecule has 0 saturated carbocycles. The van der Waals surface area contributed by atoms with Crippen LogP contribution in [0.25, 0.3) is 0 Å². The van der Waals surface area contributed by atoms with Crippen LogP contribution in [0.4, 0.5) is 0 Å². The third kappa shape index (κ3) is 9.92. The lowest BCUT2D eigenvalue weighted by atomic mass is 10.2. The van der Waals surface area contributed by atoms with E-state index in [4.69, 9.17) is 9.47 Å². The first-order valence-corrected chi connectivity index (χ1v) is 8.47. The van der Waals surface area contributed by atoms with Gasteiger partial charge < -0.3 is 20.1 Å². The molecule has 0 bridgehead atoms. The summed E-state index contributed by atoms with van der Waals surface area (Å²) in [5, 5.41) is 6.51. The Balaban J connectivity index is 2.24. The van der Waals surface area contributed by atoms with Crippen LogP contribution in [-0.2, 0) is 16.1 Å². The van der Waals surface area contributed by atoms with Gasteiger partial charge in [0.05, 0.1) is 19.8 Å². The number of nitrogens with zero attached hydrogens (tertiary/aromatic N) is 1. The summed E-state index contributed by atoms with van der Waals surface area (Å²) in [5.74, 6) is 1.21. The van der Waals surface area contributed by atoms with Crippen LogP contribution < -0.4 is 10.6 Å². The molecule has 0 saturated heterocycles. The molecule has 0 aliphatic heterocycles. The van der Waals surface area contributed by atoms with Gasteiger partial charge in [0, 0.05) is 26.2 Å². The summed E-state index contributed by atoms with van der Waals surface area (Å²) in [5.41, 5.74) is 1.20. The van der Waals surface area contributed by atoms with Crippen molar-refractivity contribution in [3.63, 3.8) is 0 Å². The molecule has 5 heteroatoms. The van der Waals surface area contributed by atoms with Crippen LogP contribution in [0.15, 0.2) is 35.3 Å². The van der Waals surface area contributed by atoms with Gasteiger partial charge in [-0.1, -0.05) is 37.3 Å². The van der Waals surface area contributed by atoms with Crippen LogP contribution in [0.5, 0.6) is 0 Å². The van der Waals surface area contributed by atoms with Gasteiger partial charge in [-0.15, -0.1) is 0 Å². The highest BCUT2D eigenvalue weighted by molar-refractivity contribution is 5.79. The van der Waals surface area contributed by atoms with Crippen LogP contribution in [0.1, 0.15) is 26.3 Å². The summed E-state index contributed by atoms with van der Waals surface area (Å²) < 4.78 is 11.1. The lowest BCUT2D eigenvalue weighted by Crippen LogP contribution is -2.39. The highest BCUT2D eigenvalue weighted by Gasteiger charge is 2.03. The van der Waals surface area contributed by atoms with Gasteiger partial charge in [0.2, 0.25) is 0 Å². The summed E-state index contributed by atoms with van der Waals surface area (Å²) in [6.07, 6.45) is 0. The Hall–Kier alpha value is -1.59. The van der Waals surface area contributed by atoms with Crippen molar-refractivity contribution in [2.24, 2.45) is 10.9 Å². The van der Waals surface area contributed by atoms with Gasteiger partial charge in [0.1, 0.15) is 0 Å². The number of nitrogens with one attached hydrogen (secondary N) is 2. The molecule has 0 aromatic heterocycles. The molecule has 0 spiro atoms. The fourth-order valence-corrected chi connectivity index (χ4v) is 1.98. The standard InChI is InChI=1S/C18H31N3O2/c1-4-19-18(20-11-12-22-5-2)21-13-16(3)14-23-15-17-9-7-6-8-10-17/h6-10,16H,4-5,11-15H2,1-3H3,(H2,19,20,21). The zero-order valence-corrected chi connectivity index (χ0v) is 14.7. The molecule has 0 heterocycles. The van der Waals surface area contributed by atoms with E-state index in [-0.39, 0.29) is 0 Å². The fraction of sp³-hybridized carbons (Fsp3) is 0.611. The second kappa shape index (κ2) is 12.9. The molecule has 2 N–H and O–H groups in total. The molecule has 0 fully saturated rings. The molecule has 23 heavy (non-hydrogen) atoms. The predicted octanol–water partition coefficient (Wildman–Crippen LogP) is 2.43. The molecule has 0 radical (unpaired) electrons. The Morgan fingerprint density at radius 1 is 1.13 bits per heavy atom. The molecule has 1 aromatic carbocycles. The van der Waals surface area contributed by atoms with Crippen molar-refractivity contribution in [1.82, 2.24) is 10.6 Å². The fourth-order valence-electron chi connectivity index (χ4n) is 1.98. The van der Waals surface area contributed by atoms with Crippen molar-refractivity contribution in [3.8, 4) is 0 Å². The smallest absolute Gasteiger partial charge is 0.191 e. The first-order valence-electron chi connectivity index (χ1n) is 8.47. The van der Waals surface area contributed by atoms with E-state index in [0.717, 1.165) is 32.2 Å². The van der Waals surface area contributed by atoms with Crippen LogP contribution in [0.2, 0.25) is 0 Å². The monoisotopic (exact) mass is 321 g/mol. The van der Waals surface area contributed by atoms with Gasteiger partial charge in [-0.2, -0.15) is 0 Å². The average Bonchev–Trinajstić information content (AvgIpc) is 2.57. The maximum absolute atomic E-state index is 5.76. The van der Waals surface area contributed by atoms with Crippen LogP contribution in [0.3, 0.4) is 0 Å². The summed E-state index contributed by atoms with van der Waals surface area (Å²) in [7, 11) is 0. The molecule has 5 nitrogen and oxygen atoms in total. The van der Waals surface area contributed by atoms with E-state index in [9.17, 15) is 0 Å². The Bertz CT molecular complexity index is 424. The number of aliphatic imine (C=N–C) groups is 1. The summed E-state index contributed by atoms with van der Waals surface area (Å²) in [4.78, 5) is 4.60. The summed E-state index contributed by atoms with van der Waals surface area (Å²) in [6.45, 7) is 11.3. The lowest BCUT2D eigenvalue weighted by molar-refractivity contribution is 0.0944. The Kier molecular flexibility index (Phi) is 10.9. The number of ether oxygens (including phenoxy) is 2. The minimum absolute atomic E-state index is 0.376. The third-order valence-corrected chi connectivity index (χ3v) is 3.16. The van der Waals surface area contributed by atoms with E-state index in [2.05, 4.69) is 41.6 Å². The SMILES string of the molecule is CCNC(=NCC(C)COCc1ccccc1)NCCOCC. The molecule has 1 rings (SSSR count). The van der Waals surface area contributed by atoms with E-state index in [0.29, 0.717) is 25.7 Å². The molecular weight excluding hydrogens is 290 g/mol. The molecular formula is C18H31N3O2. The minimum Gasteiger partial charge on any atom is -0.380 e. The van der Waals surface area contributed by atoms with Crippen molar-refractivity contribution >= 4 is 5.96 Å². The lowest BCUT2D eigenvalue weighted by Gasteiger charge is -2.14. The zero-order chi connectivity index (χ0) is 16.8.